The summed E-state index contributed by atoms with van der Waals surface area (Å²) >= 11 is 0. The highest BCUT2D eigenvalue weighted by Crippen LogP contribution is 2.41. The van der Waals surface area contributed by atoms with Crippen molar-refractivity contribution in [1.82, 2.24) is 5.32 Å². The predicted molar refractivity (Wildman–Crippen MR) is 70.1 cm³/mol. The van der Waals surface area contributed by atoms with E-state index in [1.807, 2.05) is 6.07 Å². The van der Waals surface area contributed by atoms with E-state index in [0.717, 1.165) is 6.42 Å². The molecule has 0 unspecified atom stereocenters. The molecule has 1 saturated heterocycles. The van der Waals surface area contributed by atoms with Crippen molar-refractivity contribution in [1.29, 1.82) is 0 Å². The quantitative estimate of drug-likeness (QED) is 0.823. The monoisotopic (exact) mass is 237 g/mol. The third-order valence-electron chi connectivity index (χ3n) is 3.93. The van der Waals surface area contributed by atoms with E-state index in [2.05, 4.69) is 53.8 Å². The second-order valence-corrected chi connectivity index (χ2v) is 5.01. The Morgan fingerprint density at radius 2 is 1.72 bits per heavy atom. The molecule has 2 aliphatic rings. The molecule has 3 atom stereocenters. The van der Waals surface area contributed by atoms with Gasteiger partial charge in [0.1, 0.15) is 6.23 Å². The SMILES string of the molecule is c1ccc([C@H]2N[C@@H]3c4ccccc4C[C@@H]3O2)cc1. The van der Waals surface area contributed by atoms with Gasteiger partial charge in [-0.3, -0.25) is 5.32 Å². The minimum atomic E-state index is 0.0366. The molecule has 18 heavy (non-hydrogen) atoms. The standard InChI is InChI=1S/C16H15NO/c1-2-6-11(7-3-1)16-17-15-13-9-5-4-8-12(13)10-14(15)18-16/h1-9,14-17H,10H2/t14-,15+,16-/m0/s1. The van der Waals surface area contributed by atoms with Crippen LogP contribution in [0.3, 0.4) is 0 Å². The second-order valence-electron chi connectivity index (χ2n) is 5.01. The van der Waals surface area contributed by atoms with Crippen LogP contribution < -0.4 is 5.32 Å². The van der Waals surface area contributed by atoms with Gasteiger partial charge in [0.25, 0.3) is 0 Å². The molecule has 2 aromatic carbocycles. The molecule has 0 bridgehead atoms. The maximum atomic E-state index is 6.14. The lowest BCUT2D eigenvalue weighted by molar-refractivity contribution is 0.0400. The Bertz CT molecular complexity index is 566. The zero-order valence-corrected chi connectivity index (χ0v) is 10.0. The van der Waals surface area contributed by atoms with Gasteiger partial charge < -0.3 is 4.74 Å². The number of ether oxygens (including phenoxy) is 1. The topological polar surface area (TPSA) is 21.3 Å². The maximum absolute atomic E-state index is 6.14. The fourth-order valence-corrected chi connectivity index (χ4v) is 3.06. The molecule has 2 heteroatoms. The van der Waals surface area contributed by atoms with E-state index in [1.165, 1.54) is 16.7 Å². The molecule has 0 amide bonds. The third-order valence-corrected chi connectivity index (χ3v) is 3.93. The van der Waals surface area contributed by atoms with Gasteiger partial charge in [0.15, 0.2) is 0 Å². The summed E-state index contributed by atoms with van der Waals surface area (Å²) in [6.45, 7) is 0. The van der Waals surface area contributed by atoms with Crippen molar-refractivity contribution >= 4 is 0 Å². The molecule has 1 N–H and O–H groups in total. The summed E-state index contributed by atoms with van der Waals surface area (Å²) in [5.41, 5.74) is 4.04. The Kier molecular flexibility index (Phi) is 2.25. The van der Waals surface area contributed by atoms with Crippen LogP contribution in [0.1, 0.15) is 29.0 Å². The van der Waals surface area contributed by atoms with Gasteiger partial charge in [0, 0.05) is 6.42 Å². The lowest BCUT2D eigenvalue weighted by Crippen LogP contribution is -2.19. The van der Waals surface area contributed by atoms with Crippen molar-refractivity contribution in [3.8, 4) is 0 Å². The Morgan fingerprint density at radius 1 is 0.944 bits per heavy atom. The summed E-state index contributed by atoms with van der Waals surface area (Å²) < 4.78 is 6.14. The fourth-order valence-electron chi connectivity index (χ4n) is 3.06. The van der Waals surface area contributed by atoms with E-state index in [9.17, 15) is 0 Å². The van der Waals surface area contributed by atoms with Gasteiger partial charge in [-0.1, -0.05) is 54.6 Å². The van der Waals surface area contributed by atoms with Gasteiger partial charge in [-0.05, 0) is 16.7 Å². The molecule has 0 spiro atoms. The van der Waals surface area contributed by atoms with Crippen LogP contribution in [0.2, 0.25) is 0 Å². The van der Waals surface area contributed by atoms with Crippen molar-refractivity contribution in [2.45, 2.75) is 24.8 Å². The number of nitrogens with one attached hydrogen (secondary N) is 1. The van der Waals surface area contributed by atoms with Crippen molar-refractivity contribution in [2.75, 3.05) is 0 Å². The average molecular weight is 237 g/mol. The van der Waals surface area contributed by atoms with Gasteiger partial charge in [-0.15, -0.1) is 0 Å². The molecular weight excluding hydrogens is 222 g/mol. The molecule has 4 rings (SSSR count). The Hall–Kier alpha value is -1.64. The van der Waals surface area contributed by atoms with Crippen molar-refractivity contribution in [2.24, 2.45) is 0 Å². The smallest absolute Gasteiger partial charge is 0.135 e. The van der Waals surface area contributed by atoms with Crippen molar-refractivity contribution in [3.63, 3.8) is 0 Å². The first-order valence-corrected chi connectivity index (χ1v) is 6.46. The zero-order valence-electron chi connectivity index (χ0n) is 10.0. The van der Waals surface area contributed by atoms with E-state index in [0.29, 0.717) is 6.04 Å². The van der Waals surface area contributed by atoms with Crippen LogP contribution in [0.15, 0.2) is 54.6 Å². The van der Waals surface area contributed by atoms with E-state index in [1.54, 1.807) is 0 Å². The minimum Gasteiger partial charge on any atom is -0.353 e. The third kappa shape index (κ3) is 1.50. The van der Waals surface area contributed by atoms with Crippen LogP contribution in [0.5, 0.6) is 0 Å². The van der Waals surface area contributed by atoms with Crippen LogP contribution in [0.4, 0.5) is 0 Å². The summed E-state index contributed by atoms with van der Waals surface area (Å²) in [5, 5.41) is 3.60. The molecule has 1 aliphatic heterocycles. The largest absolute Gasteiger partial charge is 0.353 e. The minimum absolute atomic E-state index is 0.0366. The van der Waals surface area contributed by atoms with E-state index < -0.39 is 0 Å². The number of fused-ring (bicyclic) bond motifs is 3. The first-order valence-electron chi connectivity index (χ1n) is 6.46. The molecule has 1 aliphatic carbocycles. The maximum Gasteiger partial charge on any atom is 0.135 e. The molecular formula is C16H15NO. The first-order chi connectivity index (χ1) is 8.92. The number of benzene rings is 2. The fraction of sp³-hybridized carbons (Fsp3) is 0.250. The average Bonchev–Trinajstić information content (AvgIpc) is 2.97. The summed E-state index contributed by atoms with van der Waals surface area (Å²) in [4.78, 5) is 0. The van der Waals surface area contributed by atoms with Gasteiger partial charge >= 0.3 is 0 Å². The van der Waals surface area contributed by atoms with Gasteiger partial charge in [0.2, 0.25) is 0 Å². The Labute approximate surface area is 107 Å². The number of hydrogen-bond acceptors (Lipinski definition) is 2. The molecule has 1 heterocycles. The van der Waals surface area contributed by atoms with Crippen LogP contribution in [0, 0.1) is 0 Å². The Balaban J connectivity index is 1.64. The van der Waals surface area contributed by atoms with Gasteiger partial charge in [-0.25, -0.2) is 0 Å². The van der Waals surface area contributed by atoms with Crippen LogP contribution >= 0.6 is 0 Å². The highest BCUT2D eigenvalue weighted by molar-refractivity contribution is 5.38. The lowest BCUT2D eigenvalue weighted by Gasteiger charge is -2.13. The first kappa shape index (κ1) is 10.3. The normalized spacial score (nSPS) is 29.0. The van der Waals surface area contributed by atoms with Crippen LogP contribution in [-0.2, 0) is 11.2 Å². The Morgan fingerprint density at radius 3 is 2.61 bits per heavy atom. The van der Waals surface area contributed by atoms with Gasteiger partial charge in [0.05, 0.1) is 12.1 Å². The molecule has 90 valence electrons. The number of rotatable bonds is 1. The van der Waals surface area contributed by atoms with Gasteiger partial charge in [-0.2, -0.15) is 0 Å². The highest BCUT2D eigenvalue weighted by Gasteiger charge is 2.41. The molecule has 0 saturated carbocycles. The van der Waals surface area contributed by atoms with Crippen molar-refractivity contribution < 1.29 is 4.74 Å². The van der Waals surface area contributed by atoms with E-state index >= 15 is 0 Å². The molecule has 0 aromatic heterocycles. The molecule has 0 radical (unpaired) electrons. The van der Waals surface area contributed by atoms with Crippen molar-refractivity contribution in [3.05, 3.63) is 71.3 Å². The van der Waals surface area contributed by atoms with E-state index in [4.69, 9.17) is 4.74 Å². The molecule has 2 aromatic rings. The zero-order chi connectivity index (χ0) is 11.9. The molecule has 2 nitrogen and oxygen atoms in total. The molecule has 1 fully saturated rings. The summed E-state index contributed by atoms with van der Waals surface area (Å²) in [5.74, 6) is 0. The van der Waals surface area contributed by atoms with Crippen LogP contribution in [0.25, 0.3) is 0 Å². The lowest BCUT2D eigenvalue weighted by atomic mass is 10.1. The van der Waals surface area contributed by atoms with Crippen LogP contribution in [-0.4, -0.2) is 6.10 Å². The summed E-state index contributed by atoms with van der Waals surface area (Å²) in [7, 11) is 0. The van der Waals surface area contributed by atoms with E-state index in [-0.39, 0.29) is 12.3 Å². The second kappa shape index (κ2) is 3.94. The summed E-state index contributed by atoms with van der Waals surface area (Å²) in [6.07, 6.45) is 1.35. The predicted octanol–water partition coefficient (Wildman–Crippen LogP) is 2.97. The summed E-state index contributed by atoms with van der Waals surface area (Å²) in [6, 6.07) is 19.4. The highest BCUT2D eigenvalue weighted by atomic mass is 16.5. The number of hydrogen-bond donors (Lipinski definition) is 1.